The number of carboxylic acid groups (broad SMARTS) is 1. The van der Waals surface area contributed by atoms with Crippen LogP contribution in [-0.4, -0.2) is 11.1 Å². The molecule has 0 aromatic heterocycles. The van der Waals surface area contributed by atoms with E-state index in [9.17, 15) is 14.3 Å². The number of halogens is 2. The molecule has 0 aliphatic carbocycles. The van der Waals surface area contributed by atoms with Crippen LogP contribution in [-0.2, 0) is 11.2 Å². The maximum absolute atomic E-state index is 13.0. The SMILES string of the molecule is CCCCC(CC)(Cc1ccc(F)cc1Cl)C(=O)O. The molecular weight excluding hydrogens is 267 g/mol. The van der Waals surface area contributed by atoms with Crippen molar-refractivity contribution in [1.29, 1.82) is 0 Å². The van der Waals surface area contributed by atoms with Crippen molar-refractivity contribution in [3.63, 3.8) is 0 Å². The average Bonchev–Trinajstić information content (AvgIpc) is 2.37. The summed E-state index contributed by atoms with van der Waals surface area (Å²) in [6, 6.07) is 4.14. The molecule has 0 saturated heterocycles. The van der Waals surface area contributed by atoms with Crippen molar-refractivity contribution in [2.45, 2.75) is 46.0 Å². The summed E-state index contributed by atoms with van der Waals surface area (Å²) in [6.07, 6.45) is 3.31. The topological polar surface area (TPSA) is 37.3 Å². The number of carboxylic acids is 1. The van der Waals surface area contributed by atoms with Crippen molar-refractivity contribution < 1.29 is 14.3 Å². The Bertz CT molecular complexity index is 448. The van der Waals surface area contributed by atoms with Gasteiger partial charge in [-0.3, -0.25) is 4.79 Å². The van der Waals surface area contributed by atoms with Crippen molar-refractivity contribution in [3.05, 3.63) is 34.6 Å². The third-order valence-corrected chi connectivity index (χ3v) is 4.04. The lowest BCUT2D eigenvalue weighted by Crippen LogP contribution is -2.33. The lowest BCUT2D eigenvalue weighted by atomic mass is 9.75. The number of benzene rings is 1. The first kappa shape index (κ1) is 16.0. The van der Waals surface area contributed by atoms with Gasteiger partial charge in [-0.25, -0.2) is 4.39 Å². The molecular formula is C15H20ClFO2. The number of carbonyl (C=O) groups is 1. The van der Waals surface area contributed by atoms with Gasteiger partial charge in [0, 0.05) is 5.02 Å². The zero-order valence-electron chi connectivity index (χ0n) is 11.4. The molecule has 0 aliphatic rings. The second-order valence-electron chi connectivity index (χ2n) is 4.96. The zero-order valence-corrected chi connectivity index (χ0v) is 12.1. The van der Waals surface area contributed by atoms with E-state index in [0.717, 1.165) is 12.8 Å². The van der Waals surface area contributed by atoms with Gasteiger partial charge in [-0.05, 0) is 37.0 Å². The van der Waals surface area contributed by atoms with Crippen LogP contribution in [0.3, 0.4) is 0 Å². The zero-order chi connectivity index (χ0) is 14.5. The van der Waals surface area contributed by atoms with Crippen LogP contribution < -0.4 is 0 Å². The molecule has 0 bridgehead atoms. The summed E-state index contributed by atoms with van der Waals surface area (Å²) in [6.45, 7) is 3.91. The average molecular weight is 287 g/mol. The predicted octanol–water partition coefficient (Wildman–Crippen LogP) is 4.69. The lowest BCUT2D eigenvalue weighted by molar-refractivity contribution is -0.149. The molecule has 1 atom stereocenters. The summed E-state index contributed by atoms with van der Waals surface area (Å²) in [5.41, 5.74) is -0.110. The number of unbranched alkanes of at least 4 members (excludes halogenated alkanes) is 1. The third kappa shape index (κ3) is 3.93. The van der Waals surface area contributed by atoms with Gasteiger partial charge >= 0.3 is 5.97 Å². The number of aliphatic carboxylic acids is 1. The van der Waals surface area contributed by atoms with Crippen LogP contribution in [0.5, 0.6) is 0 Å². The minimum Gasteiger partial charge on any atom is -0.481 e. The van der Waals surface area contributed by atoms with Gasteiger partial charge in [0.05, 0.1) is 5.41 Å². The van der Waals surface area contributed by atoms with E-state index in [2.05, 4.69) is 0 Å². The van der Waals surface area contributed by atoms with E-state index in [-0.39, 0.29) is 0 Å². The molecule has 0 amide bonds. The molecule has 19 heavy (non-hydrogen) atoms. The molecule has 1 N–H and O–H groups in total. The van der Waals surface area contributed by atoms with E-state index < -0.39 is 17.2 Å². The Morgan fingerprint density at radius 1 is 1.42 bits per heavy atom. The van der Waals surface area contributed by atoms with E-state index in [4.69, 9.17) is 11.6 Å². The van der Waals surface area contributed by atoms with Gasteiger partial charge in [-0.15, -0.1) is 0 Å². The summed E-state index contributed by atoms with van der Waals surface area (Å²) in [4.78, 5) is 11.6. The van der Waals surface area contributed by atoms with Crippen molar-refractivity contribution in [1.82, 2.24) is 0 Å². The van der Waals surface area contributed by atoms with E-state index in [1.807, 2.05) is 13.8 Å². The maximum Gasteiger partial charge on any atom is 0.309 e. The summed E-state index contributed by atoms with van der Waals surface area (Å²) >= 11 is 6.00. The van der Waals surface area contributed by atoms with Gasteiger partial charge in [0.1, 0.15) is 5.82 Å². The van der Waals surface area contributed by atoms with Crippen molar-refractivity contribution >= 4 is 17.6 Å². The molecule has 1 aromatic carbocycles. The minimum atomic E-state index is -0.808. The van der Waals surface area contributed by atoms with Gasteiger partial charge in [0.2, 0.25) is 0 Å². The first-order chi connectivity index (χ1) is 8.95. The largest absolute Gasteiger partial charge is 0.481 e. The first-order valence-corrected chi connectivity index (χ1v) is 7.00. The summed E-state index contributed by atoms with van der Waals surface area (Å²) in [5, 5.41) is 9.84. The molecule has 1 unspecified atom stereocenters. The summed E-state index contributed by atoms with van der Waals surface area (Å²) in [5.74, 6) is -1.21. The highest BCUT2D eigenvalue weighted by Crippen LogP contribution is 2.35. The first-order valence-electron chi connectivity index (χ1n) is 6.62. The van der Waals surface area contributed by atoms with Gasteiger partial charge in [0.25, 0.3) is 0 Å². The third-order valence-electron chi connectivity index (χ3n) is 3.68. The van der Waals surface area contributed by atoms with Gasteiger partial charge in [-0.1, -0.05) is 44.4 Å². The van der Waals surface area contributed by atoms with Gasteiger partial charge in [0.15, 0.2) is 0 Å². The van der Waals surface area contributed by atoms with Crippen LogP contribution in [0.1, 0.15) is 45.1 Å². The Hall–Kier alpha value is -1.09. The van der Waals surface area contributed by atoms with E-state index >= 15 is 0 Å². The van der Waals surface area contributed by atoms with Crippen molar-refractivity contribution in [3.8, 4) is 0 Å². The highest BCUT2D eigenvalue weighted by atomic mass is 35.5. The quantitative estimate of drug-likeness (QED) is 0.789. The van der Waals surface area contributed by atoms with Crippen LogP contribution in [0, 0.1) is 11.2 Å². The molecule has 2 nitrogen and oxygen atoms in total. The smallest absolute Gasteiger partial charge is 0.309 e. The molecule has 1 aromatic rings. The van der Waals surface area contributed by atoms with E-state index in [1.54, 1.807) is 6.07 Å². The molecule has 106 valence electrons. The maximum atomic E-state index is 13.0. The fourth-order valence-electron chi connectivity index (χ4n) is 2.27. The highest BCUT2D eigenvalue weighted by Gasteiger charge is 2.36. The lowest BCUT2D eigenvalue weighted by Gasteiger charge is -2.28. The Morgan fingerprint density at radius 3 is 2.58 bits per heavy atom. The minimum absolute atomic E-state index is 0.301. The van der Waals surface area contributed by atoms with Crippen LogP contribution >= 0.6 is 11.6 Å². The number of rotatable bonds is 7. The predicted molar refractivity (Wildman–Crippen MR) is 75.0 cm³/mol. The Morgan fingerprint density at radius 2 is 2.11 bits per heavy atom. The van der Waals surface area contributed by atoms with E-state index in [1.165, 1.54) is 12.1 Å². The molecule has 0 saturated carbocycles. The normalized spacial score (nSPS) is 14.1. The van der Waals surface area contributed by atoms with Crippen molar-refractivity contribution in [2.24, 2.45) is 5.41 Å². The van der Waals surface area contributed by atoms with Crippen LogP contribution in [0.15, 0.2) is 18.2 Å². The number of hydrogen-bond acceptors (Lipinski definition) is 1. The molecule has 4 heteroatoms. The fourth-order valence-corrected chi connectivity index (χ4v) is 2.50. The van der Waals surface area contributed by atoms with Crippen LogP contribution in [0.2, 0.25) is 5.02 Å². The van der Waals surface area contributed by atoms with Gasteiger partial charge in [-0.2, -0.15) is 0 Å². The molecule has 0 fully saturated rings. The van der Waals surface area contributed by atoms with Crippen LogP contribution in [0.4, 0.5) is 4.39 Å². The summed E-state index contributed by atoms with van der Waals surface area (Å²) in [7, 11) is 0. The Kier molecular flexibility index (Phi) is 5.80. The monoisotopic (exact) mass is 286 g/mol. The Balaban J connectivity index is 3.02. The fraction of sp³-hybridized carbons (Fsp3) is 0.533. The standard InChI is InChI=1S/C15H20ClFO2/c1-3-5-8-15(4-2,14(18)19)10-11-6-7-12(17)9-13(11)16/h6-7,9H,3-5,8,10H2,1-2H3,(H,18,19). The number of hydrogen-bond donors (Lipinski definition) is 1. The second-order valence-corrected chi connectivity index (χ2v) is 5.36. The Labute approximate surface area is 118 Å². The van der Waals surface area contributed by atoms with Crippen LogP contribution in [0.25, 0.3) is 0 Å². The highest BCUT2D eigenvalue weighted by molar-refractivity contribution is 6.31. The van der Waals surface area contributed by atoms with E-state index in [0.29, 0.717) is 29.8 Å². The molecule has 0 radical (unpaired) electrons. The second kappa shape index (κ2) is 6.90. The molecule has 1 rings (SSSR count). The molecule has 0 heterocycles. The molecule has 0 spiro atoms. The van der Waals surface area contributed by atoms with Gasteiger partial charge < -0.3 is 5.11 Å². The molecule has 0 aliphatic heterocycles. The van der Waals surface area contributed by atoms with Crippen molar-refractivity contribution in [2.75, 3.05) is 0 Å². The summed E-state index contributed by atoms with van der Waals surface area (Å²) < 4.78 is 13.0.